The van der Waals surface area contributed by atoms with Crippen LogP contribution < -0.4 is 15.5 Å². The second-order valence-electron chi connectivity index (χ2n) is 8.02. The van der Waals surface area contributed by atoms with Crippen molar-refractivity contribution < 1.29 is 9.59 Å². The average Bonchev–Trinajstić information content (AvgIpc) is 2.61. The first kappa shape index (κ1) is 18.7. The molecule has 2 fully saturated rings. The molecule has 4 atom stereocenters. The number of anilines is 1. The monoisotopic (exact) mass is 357 g/mol. The fraction of sp³-hybridized carbons (Fsp3) is 0.619. The first-order valence-corrected chi connectivity index (χ1v) is 9.85. The fourth-order valence-electron chi connectivity index (χ4n) is 4.58. The Hall–Kier alpha value is -2.04. The largest absolute Gasteiger partial charge is 0.378 e. The standard InChI is InChI=1S/C21H31N3O2/c1-4-5-15-12-20(25)23-19-13-16(8-11-18(15)19)22-21(26)14-6-9-17(10-7-14)24(2)3/h6-7,9-10,15-16,18-19H,4-5,8,11-13H2,1-3H3,(H,22,26)(H,23,25). The number of rotatable bonds is 5. The maximum atomic E-state index is 12.6. The highest BCUT2D eigenvalue weighted by atomic mass is 16.2. The molecule has 4 unspecified atom stereocenters. The molecule has 5 heteroatoms. The van der Waals surface area contributed by atoms with Crippen LogP contribution in [0.15, 0.2) is 24.3 Å². The summed E-state index contributed by atoms with van der Waals surface area (Å²) in [5.41, 5.74) is 1.77. The number of amides is 2. The van der Waals surface area contributed by atoms with Crippen molar-refractivity contribution in [3.63, 3.8) is 0 Å². The summed E-state index contributed by atoms with van der Waals surface area (Å²) in [6.07, 6.45) is 5.86. The minimum absolute atomic E-state index is 0.0222. The van der Waals surface area contributed by atoms with Gasteiger partial charge in [-0.05, 0) is 61.8 Å². The van der Waals surface area contributed by atoms with Crippen molar-refractivity contribution in [2.75, 3.05) is 19.0 Å². The van der Waals surface area contributed by atoms with E-state index in [2.05, 4.69) is 17.6 Å². The molecule has 2 aliphatic rings. The highest BCUT2D eigenvalue weighted by Crippen LogP contribution is 2.37. The number of piperidine rings is 1. The zero-order valence-electron chi connectivity index (χ0n) is 16.1. The van der Waals surface area contributed by atoms with Gasteiger partial charge in [-0.3, -0.25) is 9.59 Å². The predicted octanol–water partition coefficient (Wildman–Crippen LogP) is 2.96. The molecule has 1 aromatic carbocycles. The molecule has 1 aliphatic carbocycles. The molecule has 0 bridgehead atoms. The van der Waals surface area contributed by atoms with Crippen LogP contribution in [-0.2, 0) is 4.79 Å². The van der Waals surface area contributed by atoms with Gasteiger partial charge in [0.1, 0.15) is 0 Å². The highest BCUT2D eigenvalue weighted by molar-refractivity contribution is 5.94. The molecule has 2 amide bonds. The number of carbonyl (C=O) groups is 2. The Balaban J connectivity index is 1.59. The van der Waals surface area contributed by atoms with Gasteiger partial charge < -0.3 is 15.5 Å². The number of fused-ring (bicyclic) bond motifs is 1. The van der Waals surface area contributed by atoms with E-state index in [4.69, 9.17) is 0 Å². The summed E-state index contributed by atoms with van der Waals surface area (Å²) in [4.78, 5) is 26.6. The van der Waals surface area contributed by atoms with E-state index in [-0.39, 0.29) is 23.9 Å². The van der Waals surface area contributed by atoms with Gasteiger partial charge >= 0.3 is 0 Å². The van der Waals surface area contributed by atoms with Crippen molar-refractivity contribution in [2.45, 2.75) is 57.5 Å². The normalized spacial score (nSPS) is 28.0. The Kier molecular flexibility index (Phi) is 5.84. The van der Waals surface area contributed by atoms with Gasteiger partial charge in [0.2, 0.25) is 5.91 Å². The van der Waals surface area contributed by atoms with Crippen LogP contribution in [0.3, 0.4) is 0 Å². The predicted molar refractivity (Wildman–Crippen MR) is 104 cm³/mol. The van der Waals surface area contributed by atoms with Gasteiger partial charge in [-0.25, -0.2) is 0 Å². The van der Waals surface area contributed by atoms with Crippen molar-refractivity contribution in [1.82, 2.24) is 10.6 Å². The number of hydrogen-bond donors (Lipinski definition) is 2. The molecule has 3 rings (SSSR count). The van der Waals surface area contributed by atoms with E-state index < -0.39 is 0 Å². The number of nitrogens with zero attached hydrogens (tertiary/aromatic N) is 1. The minimum Gasteiger partial charge on any atom is -0.378 e. The van der Waals surface area contributed by atoms with Crippen molar-refractivity contribution in [2.24, 2.45) is 11.8 Å². The minimum atomic E-state index is -0.0222. The van der Waals surface area contributed by atoms with E-state index in [0.717, 1.165) is 37.8 Å². The summed E-state index contributed by atoms with van der Waals surface area (Å²) in [5, 5.41) is 6.35. The van der Waals surface area contributed by atoms with Crippen LogP contribution in [0.1, 0.15) is 55.8 Å². The molecule has 0 aromatic heterocycles. The molecule has 1 heterocycles. The van der Waals surface area contributed by atoms with Gasteiger partial charge in [-0.15, -0.1) is 0 Å². The van der Waals surface area contributed by atoms with Crippen LogP contribution in [0.4, 0.5) is 5.69 Å². The molecule has 1 saturated carbocycles. The van der Waals surface area contributed by atoms with Crippen molar-refractivity contribution >= 4 is 17.5 Å². The Morgan fingerprint density at radius 3 is 2.62 bits per heavy atom. The van der Waals surface area contributed by atoms with E-state index in [1.54, 1.807) is 0 Å². The Labute approximate surface area is 156 Å². The van der Waals surface area contributed by atoms with E-state index in [0.29, 0.717) is 23.8 Å². The third-order valence-electron chi connectivity index (χ3n) is 5.94. The third-order valence-corrected chi connectivity index (χ3v) is 5.94. The first-order valence-electron chi connectivity index (χ1n) is 9.85. The molecule has 1 aromatic rings. The van der Waals surface area contributed by atoms with Gasteiger partial charge in [0.25, 0.3) is 5.91 Å². The Morgan fingerprint density at radius 1 is 1.23 bits per heavy atom. The fourth-order valence-corrected chi connectivity index (χ4v) is 4.58. The molecular weight excluding hydrogens is 326 g/mol. The SMILES string of the molecule is CCCC1CC(=O)NC2CC(NC(=O)c3ccc(N(C)C)cc3)CCC12. The van der Waals surface area contributed by atoms with Crippen molar-refractivity contribution in [1.29, 1.82) is 0 Å². The number of carbonyl (C=O) groups excluding carboxylic acids is 2. The lowest BCUT2D eigenvalue weighted by atomic mass is 9.70. The van der Waals surface area contributed by atoms with E-state index in [1.807, 2.05) is 43.3 Å². The quantitative estimate of drug-likeness (QED) is 0.852. The molecule has 26 heavy (non-hydrogen) atoms. The smallest absolute Gasteiger partial charge is 0.251 e. The molecule has 0 spiro atoms. The van der Waals surface area contributed by atoms with Gasteiger partial charge in [-0.1, -0.05) is 13.3 Å². The molecule has 1 aliphatic heterocycles. The molecule has 0 radical (unpaired) electrons. The summed E-state index contributed by atoms with van der Waals surface area (Å²) in [6, 6.07) is 8.01. The molecular formula is C21H31N3O2. The lowest BCUT2D eigenvalue weighted by Gasteiger charge is -2.44. The maximum Gasteiger partial charge on any atom is 0.251 e. The van der Waals surface area contributed by atoms with Crippen molar-refractivity contribution in [3.8, 4) is 0 Å². The zero-order valence-corrected chi connectivity index (χ0v) is 16.1. The summed E-state index contributed by atoms with van der Waals surface area (Å²) in [5.74, 6) is 1.23. The van der Waals surface area contributed by atoms with Gasteiger partial charge in [0, 0.05) is 43.9 Å². The van der Waals surface area contributed by atoms with E-state index >= 15 is 0 Å². The van der Waals surface area contributed by atoms with Crippen LogP contribution >= 0.6 is 0 Å². The first-order chi connectivity index (χ1) is 12.5. The number of hydrogen-bond acceptors (Lipinski definition) is 3. The summed E-state index contributed by atoms with van der Waals surface area (Å²) >= 11 is 0. The molecule has 142 valence electrons. The number of nitrogens with one attached hydrogen (secondary N) is 2. The molecule has 1 saturated heterocycles. The van der Waals surface area contributed by atoms with Crippen molar-refractivity contribution in [3.05, 3.63) is 29.8 Å². The summed E-state index contributed by atoms with van der Waals surface area (Å²) < 4.78 is 0. The summed E-state index contributed by atoms with van der Waals surface area (Å²) in [7, 11) is 3.97. The highest BCUT2D eigenvalue weighted by Gasteiger charge is 2.40. The van der Waals surface area contributed by atoms with Crippen LogP contribution in [0, 0.1) is 11.8 Å². The second kappa shape index (κ2) is 8.11. The van der Waals surface area contributed by atoms with Crippen LogP contribution in [0.2, 0.25) is 0 Å². The van der Waals surface area contributed by atoms with Gasteiger partial charge in [-0.2, -0.15) is 0 Å². The zero-order chi connectivity index (χ0) is 18.7. The van der Waals surface area contributed by atoms with Crippen LogP contribution in [0.5, 0.6) is 0 Å². The molecule has 5 nitrogen and oxygen atoms in total. The maximum absolute atomic E-state index is 12.6. The van der Waals surface area contributed by atoms with Gasteiger partial charge in [0.15, 0.2) is 0 Å². The van der Waals surface area contributed by atoms with Crippen LogP contribution in [0.25, 0.3) is 0 Å². The summed E-state index contributed by atoms with van der Waals surface area (Å²) in [6.45, 7) is 2.19. The lowest BCUT2D eigenvalue weighted by Crippen LogP contribution is -2.55. The lowest BCUT2D eigenvalue weighted by molar-refractivity contribution is -0.127. The Bertz CT molecular complexity index is 641. The van der Waals surface area contributed by atoms with Gasteiger partial charge in [0.05, 0.1) is 0 Å². The average molecular weight is 357 g/mol. The second-order valence-corrected chi connectivity index (χ2v) is 8.02. The third kappa shape index (κ3) is 4.19. The van der Waals surface area contributed by atoms with E-state index in [1.165, 1.54) is 0 Å². The van der Waals surface area contributed by atoms with Crippen LogP contribution in [-0.4, -0.2) is 38.0 Å². The number of benzene rings is 1. The Morgan fingerprint density at radius 2 is 1.96 bits per heavy atom. The molecule has 2 N–H and O–H groups in total. The van der Waals surface area contributed by atoms with E-state index in [9.17, 15) is 9.59 Å². The topological polar surface area (TPSA) is 61.4 Å².